The predicted molar refractivity (Wildman–Crippen MR) is 87.7 cm³/mol. The summed E-state index contributed by atoms with van der Waals surface area (Å²) in [5, 5.41) is 1.93. The molecule has 0 aromatic carbocycles. The molecule has 1 aromatic heterocycles. The molecule has 1 amide bonds. The van der Waals surface area contributed by atoms with E-state index in [9.17, 15) is 9.59 Å². The van der Waals surface area contributed by atoms with E-state index in [2.05, 4.69) is 0 Å². The van der Waals surface area contributed by atoms with E-state index in [1.165, 1.54) is 18.4 Å². The van der Waals surface area contributed by atoms with Crippen molar-refractivity contribution in [2.24, 2.45) is 0 Å². The van der Waals surface area contributed by atoms with Crippen molar-refractivity contribution in [3.63, 3.8) is 0 Å². The molecule has 2 aliphatic heterocycles. The van der Waals surface area contributed by atoms with Gasteiger partial charge in [-0.15, -0.1) is 11.3 Å². The molecule has 0 saturated carbocycles. The van der Waals surface area contributed by atoms with E-state index < -0.39 is 5.97 Å². The molecule has 0 bridgehead atoms. The van der Waals surface area contributed by atoms with Crippen LogP contribution in [0.25, 0.3) is 6.08 Å². The lowest BCUT2D eigenvalue weighted by atomic mass is 10.1. The fourth-order valence-corrected chi connectivity index (χ4v) is 3.61. The number of hydrogen-bond acceptors (Lipinski definition) is 5. The molecule has 1 unspecified atom stereocenters. The molecule has 5 nitrogen and oxygen atoms in total. The van der Waals surface area contributed by atoms with Crippen LogP contribution in [-0.4, -0.2) is 43.1 Å². The molecule has 1 fully saturated rings. The number of carbonyl (C=O) groups is 2. The highest BCUT2D eigenvalue weighted by molar-refractivity contribution is 7.10. The fraction of sp³-hybridized carbons (Fsp3) is 0.412. The molecule has 0 N–H and O–H groups in total. The summed E-state index contributed by atoms with van der Waals surface area (Å²) in [6.45, 7) is 3.00. The molecule has 6 heteroatoms. The largest absolute Gasteiger partial charge is 0.465 e. The van der Waals surface area contributed by atoms with E-state index in [-0.39, 0.29) is 12.0 Å². The molecule has 3 rings (SSSR count). The molecule has 1 saturated heterocycles. The number of amides is 1. The van der Waals surface area contributed by atoms with Crippen LogP contribution in [0.5, 0.6) is 0 Å². The fourth-order valence-electron chi connectivity index (χ4n) is 2.96. The smallest absolute Gasteiger partial charge is 0.340 e. The Morgan fingerprint density at radius 3 is 3.00 bits per heavy atom. The van der Waals surface area contributed by atoms with Crippen molar-refractivity contribution in [2.45, 2.75) is 25.9 Å². The van der Waals surface area contributed by atoms with E-state index in [1.807, 2.05) is 17.5 Å². The van der Waals surface area contributed by atoms with Gasteiger partial charge < -0.3 is 14.4 Å². The Bertz CT molecular complexity index is 669. The Balaban J connectivity index is 1.95. The number of carbonyl (C=O) groups excluding carboxylic acids is 2. The summed E-state index contributed by atoms with van der Waals surface area (Å²) in [6.07, 6.45) is 3.75. The Morgan fingerprint density at radius 2 is 2.39 bits per heavy atom. The third-order valence-corrected chi connectivity index (χ3v) is 4.96. The van der Waals surface area contributed by atoms with Crippen molar-refractivity contribution in [1.29, 1.82) is 0 Å². The van der Waals surface area contributed by atoms with Gasteiger partial charge in [-0.05, 0) is 37.3 Å². The van der Waals surface area contributed by atoms with Crippen LogP contribution in [-0.2, 0) is 19.1 Å². The number of methoxy groups -OCH3 is 1. The zero-order valence-corrected chi connectivity index (χ0v) is 14.0. The molecule has 0 aliphatic carbocycles. The number of allylic oxidation sites excluding steroid dienone is 1. The van der Waals surface area contributed by atoms with Gasteiger partial charge in [-0.1, -0.05) is 6.07 Å². The first-order chi connectivity index (χ1) is 11.1. The summed E-state index contributed by atoms with van der Waals surface area (Å²) < 4.78 is 10.5. The predicted octanol–water partition coefficient (Wildman–Crippen LogP) is 2.60. The van der Waals surface area contributed by atoms with Crippen molar-refractivity contribution in [3.05, 3.63) is 39.2 Å². The minimum atomic E-state index is -0.478. The summed E-state index contributed by atoms with van der Waals surface area (Å²) in [5.41, 5.74) is 1.39. The average Bonchev–Trinajstić information content (AvgIpc) is 3.27. The van der Waals surface area contributed by atoms with Gasteiger partial charge in [-0.2, -0.15) is 0 Å². The maximum absolute atomic E-state index is 12.8. The maximum Gasteiger partial charge on any atom is 0.340 e. The third-order valence-electron chi connectivity index (χ3n) is 4.14. The highest BCUT2D eigenvalue weighted by Gasteiger charge is 2.38. The highest BCUT2D eigenvalue weighted by Crippen LogP contribution is 2.33. The van der Waals surface area contributed by atoms with Gasteiger partial charge in [0, 0.05) is 17.2 Å². The number of rotatable bonds is 4. The van der Waals surface area contributed by atoms with Crippen LogP contribution in [0.2, 0.25) is 0 Å². The van der Waals surface area contributed by atoms with Crippen molar-refractivity contribution >= 4 is 29.3 Å². The minimum Gasteiger partial charge on any atom is -0.465 e. The molecule has 1 aromatic rings. The van der Waals surface area contributed by atoms with E-state index in [1.54, 1.807) is 17.9 Å². The quantitative estimate of drug-likeness (QED) is 0.628. The summed E-state index contributed by atoms with van der Waals surface area (Å²) in [5.74, 6) is -0.639. The molecule has 122 valence electrons. The van der Waals surface area contributed by atoms with Crippen LogP contribution < -0.4 is 0 Å². The van der Waals surface area contributed by atoms with Crippen LogP contribution in [0.1, 0.15) is 24.6 Å². The first-order valence-electron chi connectivity index (χ1n) is 7.60. The van der Waals surface area contributed by atoms with Crippen LogP contribution in [0.3, 0.4) is 0 Å². The first-order valence-corrected chi connectivity index (χ1v) is 8.48. The van der Waals surface area contributed by atoms with Crippen LogP contribution in [0.4, 0.5) is 0 Å². The summed E-state index contributed by atoms with van der Waals surface area (Å²) in [7, 11) is 1.33. The molecular weight excluding hydrogens is 314 g/mol. The average molecular weight is 333 g/mol. The van der Waals surface area contributed by atoms with E-state index in [0.717, 1.165) is 24.3 Å². The lowest BCUT2D eigenvalue weighted by Crippen LogP contribution is -2.33. The Kier molecular flexibility index (Phi) is 4.63. The summed E-state index contributed by atoms with van der Waals surface area (Å²) in [6, 6.07) is 3.83. The molecule has 3 heterocycles. The van der Waals surface area contributed by atoms with Crippen molar-refractivity contribution in [1.82, 2.24) is 4.90 Å². The van der Waals surface area contributed by atoms with Crippen molar-refractivity contribution < 1.29 is 19.1 Å². The normalized spacial score (nSPS) is 23.2. The van der Waals surface area contributed by atoms with Gasteiger partial charge in [0.25, 0.3) is 5.91 Å². The number of ether oxygens (including phenoxy) is 2. The number of thiophene rings is 1. The van der Waals surface area contributed by atoms with Gasteiger partial charge in [0.2, 0.25) is 0 Å². The van der Waals surface area contributed by atoms with Gasteiger partial charge in [0.15, 0.2) is 0 Å². The second-order valence-corrected chi connectivity index (χ2v) is 6.56. The first kappa shape index (κ1) is 16.0. The van der Waals surface area contributed by atoms with Crippen molar-refractivity contribution in [3.8, 4) is 0 Å². The molecule has 2 aliphatic rings. The Labute approximate surface area is 139 Å². The molecule has 0 radical (unpaired) electrons. The summed E-state index contributed by atoms with van der Waals surface area (Å²) >= 11 is 1.52. The molecular formula is C17H19NO4S. The standard InChI is InChI=1S/C17H19NO4S/c1-11-15(17(20)21-2)14(9-13-6-4-8-23-13)16(19)18(11)10-12-5-3-7-22-12/h4,6,8-9,12H,3,5,7,10H2,1-2H3/b14-9-. The van der Waals surface area contributed by atoms with Gasteiger partial charge in [-0.3, -0.25) is 4.79 Å². The van der Waals surface area contributed by atoms with Crippen LogP contribution >= 0.6 is 11.3 Å². The monoisotopic (exact) mass is 333 g/mol. The second kappa shape index (κ2) is 6.68. The Hall–Kier alpha value is -1.92. The number of hydrogen-bond donors (Lipinski definition) is 0. The lowest BCUT2D eigenvalue weighted by molar-refractivity contribution is -0.136. The van der Waals surface area contributed by atoms with Crippen molar-refractivity contribution in [2.75, 3.05) is 20.3 Å². The molecule has 0 spiro atoms. The molecule has 1 atom stereocenters. The molecule has 23 heavy (non-hydrogen) atoms. The number of nitrogens with zero attached hydrogens (tertiary/aromatic N) is 1. The van der Waals surface area contributed by atoms with Crippen LogP contribution in [0, 0.1) is 0 Å². The minimum absolute atomic E-state index is 0.0360. The maximum atomic E-state index is 12.8. The van der Waals surface area contributed by atoms with E-state index >= 15 is 0 Å². The topological polar surface area (TPSA) is 55.8 Å². The van der Waals surface area contributed by atoms with Gasteiger partial charge >= 0.3 is 5.97 Å². The van der Waals surface area contributed by atoms with E-state index in [4.69, 9.17) is 9.47 Å². The SMILES string of the molecule is COC(=O)C1=C(C)N(CC2CCCO2)C(=O)/C1=C\c1cccs1. The summed E-state index contributed by atoms with van der Waals surface area (Å²) in [4.78, 5) is 27.6. The number of esters is 1. The van der Waals surface area contributed by atoms with Gasteiger partial charge in [0.1, 0.15) is 0 Å². The van der Waals surface area contributed by atoms with Gasteiger partial charge in [0.05, 0.1) is 30.9 Å². The van der Waals surface area contributed by atoms with E-state index in [0.29, 0.717) is 23.4 Å². The third kappa shape index (κ3) is 3.09. The van der Waals surface area contributed by atoms with Gasteiger partial charge in [-0.25, -0.2) is 4.79 Å². The zero-order valence-electron chi connectivity index (χ0n) is 13.2. The Morgan fingerprint density at radius 1 is 1.57 bits per heavy atom. The lowest BCUT2D eigenvalue weighted by Gasteiger charge is -2.21. The highest BCUT2D eigenvalue weighted by atomic mass is 32.1. The van der Waals surface area contributed by atoms with Crippen LogP contribution in [0.15, 0.2) is 34.4 Å². The second-order valence-electron chi connectivity index (χ2n) is 5.58. The zero-order chi connectivity index (χ0) is 16.4.